The van der Waals surface area contributed by atoms with Gasteiger partial charge >= 0.3 is 0 Å². The van der Waals surface area contributed by atoms with Gasteiger partial charge in [0.15, 0.2) is 0 Å². The standard InChI is InChI=1S/C23H23FN2O3/c24-18-4-1-3-17(13-18)16-6-8-19(9-7-16)25-23(28)22-5-2-12-26(22)14-20-10-11-21(15-27)29-20/h1,3-4,6-11,13,22,27H,2,5,12,14-15H2,(H,25,28). The van der Waals surface area contributed by atoms with Crippen LogP contribution in [0.15, 0.2) is 65.1 Å². The number of aliphatic hydroxyl groups is 1. The van der Waals surface area contributed by atoms with E-state index in [0.29, 0.717) is 18.0 Å². The van der Waals surface area contributed by atoms with Gasteiger partial charge in [-0.1, -0.05) is 24.3 Å². The Labute approximate surface area is 168 Å². The number of rotatable bonds is 6. The molecule has 29 heavy (non-hydrogen) atoms. The van der Waals surface area contributed by atoms with E-state index < -0.39 is 0 Å². The molecule has 1 atom stereocenters. The molecule has 1 aliphatic heterocycles. The van der Waals surface area contributed by atoms with Crippen LogP contribution in [0.2, 0.25) is 0 Å². The van der Waals surface area contributed by atoms with Crippen LogP contribution in [0.4, 0.5) is 10.1 Å². The first kappa shape index (κ1) is 19.4. The summed E-state index contributed by atoms with van der Waals surface area (Å²) in [4.78, 5) is 14.9. The average molecular weight is 394 g/mol. The van der Waals surface area contributed by atoms with Crippen LogP contribution < -0.4 is 5.32 Å². The largest absolute Gasteiger partial charge is 0.462 e. The highest BCUT2D eigenvalue weighted by Gasteiger charge is 2.31. The Morgan fingerprint density at radius 1 is 1.10 bits per heavy atom. The number of likely N-dealkylation sites (tertiary alicyclic amines) is 1. The van der Waals surface area contributed by atoms with Crippen LogP contribution in [0.1, 0.15) is 24.4 Å². The molecule has 1 aromatic heterocycles. The molecule has 2 aromatic carbocycles. The van der Waals surface area contributed by atoms with E-state index in [0.717, 1.165) is 36.3 Å². The topological polar surface area (TPSA) is 65.7 Å². The fourth-order valence-electron chi connectivity index (χ4n) is 3.74. The van der Waals surface area contributed by atoms with Gasteiger partial charge in [0.25, 0.3) is 0 Å². The first-order chi connectivity index (χ1) is 14.1. The molecule has 0 spiro atoms. The molecular weight excluding hydrogens is 371 g/mol. The fourth-order valence-corrected chi connectivity index (χ4v) is 3.74. The number of halogens is 1. The van der Waals surface area contributed by atoms with Crippen LogP contribution in [0.3, 0.4) is 0 Å². The Morgan fingerprint density at radius 3 is 2.62 bits per heavy atom. The van der Waals surface area contributed by atoms with E-state index in [4.69, 9.17) is 9.52 Å². The lowest BCUT2D eigenvalue weighted by molar-refractivity contribution is -0.120. The Bertz CT molecular complexity index is 984. The minimum atomic E-state index is -0.274. The van der Waals surface area contributed by atoms with Crippen molar-refractivity contribution >= 4 is 11.6 Å². The minimum Gasteiger partial charge on any atom is -0.462 e. The summed E-state index contributed by atoms with van der Waals surface area (Å²) in [5.41, 5.74) is 2.40. The third-order valence-corrected chi connectivity index (χ3v) is 5.21. The van der Waals surface area contributed by atoms with Gasteiger partial charge in [0.2, 0.25) is 5.91 Å². The Kier molecular flexibility index (Phi) is 5.74. The van der Waals surface area contributed by atoms with E-state index in [1.54, 1.807) is 12.1 Å². The highest BCUT2D eigenvalue weighted by molar-refractivity contribution is 5.95. The van der Waals surface area contributed by atoms with Crippen molar-refractivity contribution in [2.45, 2.75) is 32.0 Å². The number of furan rings is 1. The monoisotopic (exact) mass is 394 g/mol. The highest BCUT2D eigenvalue weighted by Crippen LogP contribution is 2.25. The summed E-state index contributed by atoms with van der Waals surface area (Å²) in [5, 5.41) is 12.1. The first-order valence-electron chi connectivity index (χ1n) is 9.72. The number of nitrogens with zero attached hydrogens (tertiary/aromatic N) is 1. The number of anilines is 1. The van der Waals surface area contributed by atoms with Gasteiger partial charge in [0.1, 0.15) is 23.9 Å². The van der Waals surface area contributed by atoms with Gasteiger partial charge < -0.3 is 14.8 Å². The third kappa shape index (κ3) is 4.55. The van der Waals surface area contributed by atoms with E-state index >= 15 is 0 Å². The zero-order valence-corrected chi connectivity index (χ0v) is 16.0. The van der Waals surface area contributed by atoms with Crippen molar-refractivity contribution in [1.82, 2.24) is 4.90 Å². The van der Waals surface area contributed by atoms with Crippen LogP contribution in [-0.2, 0) is 17.9 Å². The van der Waals surface area contributed by atoms with E-state index in [9.17, 15) is 9.18 Å². The Morgan fingerprint density at radius 2 is 1.90 bits per heavy atom. The van der Waals surface area contributed by atoms with Gasteiger partial charge in [0.05, 0.1) is 12.6 Å². The zero-order valence-electron chi connectivity index (χ0n) is 16.0. The predicted molar refractivity (Wildman–Crippen MR) is 109 cm³/mol. The fraction of sp³-hybridized carbons (Fsp3) is 0.261. The van der Waals surface area contributed by atoms with Crippen molar-refractivity contribution in [1.29, 1.82) is 0 Å². The van der Waals surface area contributed by atoms with Gasteiger partial charge in [-0.05, 0) is 66.9 Å². The molecule has 5 nitrogen and oxygen atoms in total. The van der Waals surface area contributed by atoms with E-state index in [2.05, 4.69) is 10.2 Å². The summed E-state index contributed by atoms with van der Waals surface area (Å²) in [7, 11) is 0. The first-order valence-corrected chi connectivity index (χ1v) is 9.72. The number of carbonyl (C=O) groups is 1. The van der Waals surface area contributed by atoms with Crippen molar-refractivity contribution in [3.8, 4) is 11.1 Å². The van der Waals surface area contributed by atoms with Crippen LogP contribution in [0.25, 0.3) is 11.1 Å². The zero-order chi connectivity index (χ0) is 20.2. The molecule has 150 valence electrons. The molecule has 4 rings (SSSR count). The van der Waals surface area contributed by atoms with Gasteiger partial charge in [0, 0.05) is 5.69 Å². The smallest absolute Gasteiger partial charge is 0.241 e. The normalized spacial score (nSPS) is 16.8. The molecule has 0 aliphatic carbocycles. The van der Waals surface area contributed by atoms with Crippen molar-refractivity contribution < 1.29 is 18.7 Å². The lowest BCUT2D eigenvalue weighted by atomic mass is 10.1. The maximum atomic E-state index is 13.4. The predicted octanol–water partition coefficient (Wildman–Crippen LogP) is 4.18. The summed E-state index contributed by atoms with van der Waals surface area (Å²) in [6, 6.07) is 17.2. The Balaban J connectivity index is 1.40. The van der Waals surface area contributed by atoms with Crippen molar-refractivity contribution in [3.63, 3.8) is 0 Å². The van der Waals surface area contributed by atoms with Crippen molar-refractivity contribution in [2.75, 3.05) is 11.9 Å². The number of carbonyl (C=O) groups excluding carboxylic acids is 1. The molecule has 1 saturated heterocycles. The molecule has 6 heteroatoms. The molecule has 1 aliphatic rings. The van der Waals surface area contributed by atoms with Crippen molar-refractivity contribution in [3.05, 3.63) is 78.0 Å². The van der Waals surface area contributed by atoms with Gasteiger partial charge in [-0.2, -0.15) is 0 Å². The summed E-state index contributed by atoms with van der Waals surface area (Å²) in [6.07, 6.45) is 1.74. The van der Waals surface area contributed by atoms with E-state index in [-0.39, 0.29) is 24.4 Å². The summed E-state index contributed by atoms with van der Waals surface area (Å²) in [6.45, 7) is 1.23. The van der Waals surface area contributed by atoms with Crippen LogP contribution >= 0.6 is 0 Å². The highest BCUT2D eigenvalue weighted by atomic mass is 19.1. The minimum absolute atomic E-state index is 0.0463. The number of hydrogen-bond acceptors (Lipinski definition) is 4. The molecule has 1 fully saturated rings. The second kappa shape index (κ2) is 8.59. The average Bonchev–Trinajstić information content (AvgIpc) is 3.38. The van der Waals surface area contributed by atoms with Gasteiger partial charge in [-0.25, -0.2) is 4.39 Å². The van der Waals surface area contributed by atoms with Crippen molar-refractivity contribution in [2.24, 2.45) is 0 Å². The van der Waals surface area contributed by atoms with Crippen LogP contribution in [0, 0.1) is 5.82 Å². The lowest BCUT2D eigenvalue weighted by Gasteiger charge is -2.22. The molecule has 2 N–H and O–H groups in total. The quantitative estimate of drug-likeness (QED) is 0.658. The number of amides is 1. The number of benzene rings is 2. The summed E-state index contributed by atoms with van der Waals surface area (Å²) < 4.78 is 19.0. The lowest BCUT2D eigenvalue weighted by Crippen LogP contribution is -2.39. The molecule has 3 aromatic rings. The SMILES string of the molecule is O=C(Nc1ccc(-c2cccc(F)c2)cc1)C1CCCN1Cc1ccc(CO)o1. The summed E-state index contributed by atoms with van der Waals surface area (Å²) in [5.74, 6) is 0.950. The van der Waals surface area contributed by atoms with Crippen LogP contribution in [0.5, 0.6) is 0 Å². The number of hydrogen-bond donors (Lipinski definition) is 2. The Hall–Kier alpha value is -2.96. The molecule has 1 amide bonds. The molecule has 0 bridgehead atoms. The molecule has 0 saturated carbocycles. The second-order valence-electron chi connectivity index (χ2n) is 7.23. The van der Waals surface area contributed by atoms with Crippen LogP contribution in [-0.4, -0.2) is 28.5 Å². The van der Waals surface area contributed by atoms with Gasteiger partial charge in [-0.3, -0.25) is 9.69 Å². The second-order valence-corrected chi connectivity index (χ2v) is 7.23. The molecule has 1 unspecified atom stereocenters. The van der Waals surface area contributed by atoms with Gasteiger partial charge in [-0.15, -0.1) is 0 Å². The number of aliphatic hydroxyl groups excluding tert-OH is 1. The van der Waals surface area contributed by atoms with E-state index in [1.807, 2.05) is 36.4 Å². The third-order valence-electron chi connectivity index (χ3n) is 5.21. The maximum absolute atomic E-state index is 13.4. The maximum Gasteiger partial charge on any atom is 0.241 e. The molecule has 2 heterocycles. The molecule has 0 radical (unpaired) electrons. The van der Waals surface area contributed by atoms with E-state index in [1.165, 1.54) is 12.1 Å². The summed E-state index contributed by atoms with van der Waals surface area (Å²) >= 11 is 0. The molecular formula is C23H23FN2O3. The number of nitrogens with one attached hydrogen (secondary N) is 1.